The molecule has 0 aromatic heterocycles. The maximum Gasteiger partial charge on any atom is 0.170 e. The Bertz CT molecular complexity index is 322. The molecule has 0 unspecified atom stereocenters. The van der Waals surface area contributed by atoms with Crippen LogP contribution >= 0.6 is 0 Å². The van der Waals surface area contributed by atoms with E-state index in [2.05, 4.69) is 0 Å². The second-order valence-electron chi connectivity index (χ2n) is 3.80. The molecule has 0 saturated carbocycles. The molecule has 0 atom stereocenters. The summed E-state index contributed by atoms with van der Waals surface area (Å²) in [6.45, 7) is 6.18. The molecular weight excluding hydrogens is 188 g/mol. The fourth-order valence-corrected chi connectivity index (χ4v) is 1.53. The van der Waals surface area contributed by atoms with E-state index in [1.165, 1.54) is 0 Å². The SMILES string of the molecule is CCCC(=O)COc1c(C)cccc1C. The van der Waals surface area contributed by atoms with Crippen molar-refractivity contribution >= 4 is 5.78 Å². The fraction of sp³-hybridized carbons (Fsp3) is 0.462. The van der Waals surface area contributed by atoms with E-state index < -0.39 is 0 Å². The third-order valence-electron chi connectivity index (χ3n) is 2.32. The molecule has 0 N–H and O–H groups in total. The number of ether oxygens (including phenoxy) is 1. The summed E-state index contributed by atoms with van der Waals surface area (Å²) in [5, 5.41) is 0. The van der Waals surface area contributed by atoms with Crippen molar-refractivity contribution in [2.75, 3.05) is 6.61 Å². The van der Waals surface area contributed by atoms with Gasteiger partial charge in [0.05, 0.1) is 0 Å². The normalized spacial score (nSPS) is 10.1. The van der Waals surface area contributed by atoms with E-state index in [1.54, 1.807) is 0 Å². The lowest BCUT2D eigenvalue weighted by atomic mass is 10.1. The van der Waals surface area contributed by atoms with Crippen molar-refractivity contribution in [3.63, 3.8) is 0 Å². The van der Waals surface area contributed by atoms with Crippen LogP contribution in [-0.2, 0) is 4.79 Å². The number of hydrogen-bond acceptors (Lipinski definition) is 2. The summed E-state index contributed by atoms with van der Waals surface area (Å²) in [6.07, 6.45) is 1.49. The van der Waals surface area contributed by atoms with E-state index in [0.717, 1.165) is 23.3 Å². The maximum atomic E-state index is 11.3. The third-order valence-corrected chi connectivity index (χ3v) is 2.32. The van der Waals surface area contributed by atoms with Crippen molar-refractivity contribution in [1.82, 2.24) is 0 Å². The van der Waals surface area contributed by atoms with Gasteiger partial charge in [-0.1, -0.05) is 25.1 Å². The number of aryl methyl sites for hydroxylation is 2. The van der Waals surface area contributed by atoms with E-state index in [1.807, 2.05) is 39.0 Å². The molecular formula is C13H18O2. The molecule has 1 aromatic carbocycles. The fourth-order valence-electron chi connectivity index (χ4n) is 1.53. The lowest BCUT2D eigenvalue weighted by Gasteiger charge is -2.10. The van der Waals surface area contributed by atoms with Crippen LogP contribution in [-0.4, -0.2) is 12.4 Å². The highest BCUT2D eigenvalue weighted by atomic mass is 16.5. The number of rotatable bonds is 5. The molecule has 2 heteroatoms. The van der Waals surface area contributed by atoms with Crippen LogP contribution in [0.25, 0.3) is 0 Å². The van der Waals surface area contributed by atoms with Crippen LogP contribution in [0.1, 0.15) is 30.9 Å². The van der Waals surface area contributed by atoms with Gasteiger partial charge in [0.2, 0.25) is 0 Å². The molecule has 0 heterocycles. The quantitative estimate of drug-likeness (QED) is 0.740. The molecule has 0 bridgehead atoms. The van der Waals surface area contributed by atoms with Gasteiger partial charge in [0.25, 0.3) is 0 Å². The zero-order valence-electron chi connectivity index (χ0n) is 9.67. The number of carbonyl (C=O) groups excluding carboxylic acids is 1. The van der Waals surface area contributed by atoms with Gasteiger partial charge >= 0.3 is 0 Å². The molecule has 0 aliphatic carbocycles. The van der Waals surface area contributed by atoms with E-state index in [0.29, 0.717) is 6.42 Å². The Morgan fingerprint density at radius 1 is 1.27 bits per heavy atom. The minimum atomic E-state index is 0.167. The molecule has 15 heavy (non-hydrogen) atoms. The van der Waals surface area contributed by atoms with E-state index in [-0.39, 0.29) is 12.4 Å². The van der Waals surface area contributed by atoms with Crippen LogP contribution in [0.5, 0.6) is 5.75 Å². The van der Waals surface area contributed by atoms with Crippen molar-refractivity contribution in [2.45, 2.75) is 33.6 Å². The van der Waals surface area contributed by atoms with Crippen LogP contribution in [0.15, 0.2) is 18.2 Å². The van der Waals surface area contributed by atoms with Gasteiger partial charge in [0.1, 0.15) is 12.4 Å². The Balaban J connectivity index is 2.61. The number of benzene rings is 1. The second kappa shape index (κ2) is 5.54. The monoisotopic (exact) mass is 206 g/mol. The van der Waals surface area contributed by atoms with Gasteiger partial charge in [-0.3, -0.25) is 4.79 Å². The first-order valence-electron chi connectivity index (χ1n) is 5.36. The maximum absolute atomic E-state index is 11.3. The first-order chi connectivity index (χ1) is 7.15. The number of ketones is 1. The first kappa shape index (κ1) is 11.8. The van der Waals surface area contributed by atoms with Gasteiger partial charge in [-0.2, -0.15) is 0 Å². The molecule has 0 spiro atoms. The van der Waals surface area contributed by atoms with Gasteiger partial charge in [-0.05, 0) is 31.4 Å². The van der Waals surface area contributed by atoms with Crippen molar-refractivity contribution in [2.24, 2.45) is 0 Å². The zero-order valence-corrected chi connectivity index (χ0v) is 9.67. The second-order valence-corrected chi connectivity index (χ2v) is 3.80. The lowest BCUT2D eigenvalue weighted by molar-refractivity contribution is -0.121. The summed E-state index contributed by atoms with van der Waals surface area (Å²) < 4.78 is 5.53. The summed E-state index contributed by atoms with van der Waals surface area (Å²) in [7, 11) is 0. The summed E-state index contributed by atoms with van der Waals surface area (Å²) >= 11 is 0. The Labute approximate surface area is 91.3 Å². The van der Waals surface area contributed by atoms with Gasteiger partial charge in [0, 0.05) is 6.42 Å². The average molecular weight is 206 g/mol. The van der Waals surface area contributed by atoms with Crippen LogP contribution in [0, 0.1) is 13.8 Å². The highest BCUT2D eigenvalue weighted by Crippen LogP contribution is 2.22. The topological polar surface area (TPSA) is 26.3 Å². The molecule has 0 fully saturated rings. The molecule has 0 radical (unpaired) electrons. The smallest absolute Gasteiger partial charge is 0.170 e. The summed E-state index contributed by atoms with van der Waals surface area (Å²) in [5.41, 5.74) is 2.17. The Hall–Kier alpha value is -1.31. The molecule has 2 nitrogen and oxygen atoms in total. The van der Waals surface area contributed by atoms with Gasteiger partial charge in [-0.15, -0.1) is 0 Å². The molecule has 1 aromatic rings. The summed E-state index contributed by atoms with van der Waals surface area (Å²) in [4.78, 5) is 11.3. The molecule has 1 rings (SSSR count). The molecule has 0 aliphatic heterocycles. The highest BCUT2D eigenvalue weighted by Gasteiger charge is 2.06. The minimum absolute atomic E-state index is 0.167. The van der Waals surface area contributed by atoms with Crippen molar-refractivity contribution < 1.29 is 9.53 Å². The molecule has 0 aliphatic rings. The van der Waals surface area contributed by atoms with Crippen molar-refractivity contribution in [3.8, 4) is 5.75 Å². The Morgan fingerprint density at radius 3 is 2.40 bits per heavy atom. The first-order valence-corrected chi connectivity index (χ1v) is 5.36. The zero-order chi connectivity index (χ0) is 11.3. The molecule has 0 amide bonds. The van der Waals surface area contributed by atoms with Crippen LogP contribution in [0.2, 0.25) is 0 Å². The highest BCUT2D eigenvalue weighted by molar-refractivity contribution is 5.79. The lowest BCUT2D eigenvalue weighted by Crippen LogP contribution is -2.11. The Kier molecular flexibility index (Phi) is 4.35. The predicted molar refractivity (Wildman–Crippen MR) is 61.3 cm³/mol. The Morgan fingerprint density at radius 2 is 1.87 bits per heavy atom. The van der Waals surface area contributed by atoms with Crippen LogP contribution < -0.4 is 4.74 Å². The molecule has 0 saturated heterocycles. The standard InChI is InChI=1S/C13H18O2/c1-4-6-12(14)9-15-13-10(2)7-5-8-11(13)3/h5,7-8H,4,6,9H2,1-3H3. The van der Waals surface area contributed by atoms with Gasteiger partial charge in [-0.25, -0.2) is 0 Å². The van der Waals surface area contributed by atoms with Crippen LogP contribution in [0.3, 0.4) is 0 Å². The minimum Gasteiger partial charge on any atom is -0.485 e. The van der Waals surface area contributed by atoms with Crippen molar-refractivity contribution in [3.05, 3.63) is 29.3 Å². The summed E-state index contributed by atoms with van der Waals surface area (Å²) in [5.74, 6) is 1.02. The van der Waals surface area contributed by atoms with Gasteiger partial charge < -0.3 is 4.74 Å². The summed E-state index contributed by atoms with van der Waals surface area (Å²) in [6, 6.07) is 5.98. The number of Topliss-reactive ketones (excluding diaryl/α,β-unsaturated/α-hetero) is 1. The number of carbonyl (C=O) groups is 1. The van der Waals surface area contributed by atoms with E-state index in [9.17, 15) is 4.79 Å². The molecule has 82 valence electrons. The van der Waals surface area contributed by atoms with Crippen LogP contribution in [0.4, 0.5) is 0 Å². The van der Waals surface area contributed by atoms with E-state index >= 15 is 0 Å². The number of para-hydroxylation sites is 1. The van der Waals surface area contributed by atoms with Crippen molar-refractivity contribution in [1.29, 1.82) is 0 Å². The largest absolute Gasteiger partial charge is 0.485 e. The van der Waals surface area contributed by atoms with E-state index in [4.69, 9.17) is 4.74 Å². The predicted octanol–water partition coefficient (Wildman–Crippen LogP) is 3.05. The average Bonchev–Trinajstić information content (AvgIpc) is 2.17. The third kappa shape index (κ3) is 3.39. The van der Waals surface area contributed by atoms with Gasteiger partial charge in [0.15, 0.2) is 5.78 Å². The number of hydrogen-bond donors (Lipinski definition) is 0.